The van der Waals surface area contributed by atoms with Crippen molar-refractivity contribution in [2.24, 2.45) is 0 Å². The van der Waals surface area contributed by atoms with Crippen molar-refractivity contribution in [1.29, 1.82) is 0 Å². The van der Waals surface area contributed by atoms with Crippen molar-refractivity contribution in [1.82, 2.24) is 0 Å². The Hall–Kier alpha value is -1.69. The summed E-state index contributed by atoms with van der Waals surface area (Å²) in [6, 6.07) is 9.43. The minimum atomic E-state index is -3.38. The van der Waals surface area contributed by atoms with Gasteiger partial charge in [0, 0.05) is 17.0 Å². The average molecular weight is 286 g/mol. The van der Waals surface area contributed by atoms with Crippen molar-refractivity contribution < 1.29 is 21.9 Å². The Bertz CT molecular complexity index is 696. The number of benzene rings is 2. The molecule has 0 spiro atoms. The molecule has 2 rings (SSSR count). The number of rotatable bonds is 4. The van der Waals surface area contributed by atoms with Crippen LogP contribution in [0.5, 0.6) is 5.75 Å². The van der Waals surface area contributed by atoms with E-state index in [0.717, 1.165) is 6.26 Å². The number of alkyl halides is 2. The Kier molecular flexibility index (Phi) is 3.71. The van der Waals surface area contributed by atoms with E-state index in [4.69, 9.17) is 4.74 Å². The van der Waals surface area contributed by atoms with Crippen LogP contribution in [0.25, 0.3) is 10.8 Å². The molecule has 0 radical (unpaired) electrons. The normalized spacial score (nSPS) is 12.0. The minimum absolute atomic E-state index is 0.160. The Morgan fingerprint density at radius 2 is 1.74 bits per heavy atom. The molecule has 0 amide bonds. The first-order chi connectivity index (χ1) is 8.89. The zero-order valence-corrected chi connectivity index (χ0v) is 11.0. The highest BCUT2D eigenvalue weighted by Gasteiger charge is 2.15. The molecule has 102 valence electrons. The fourth-order valence-corrected chi connectivity index (χ4v) is 2.74. The number of halogens is 2. The van der Waals surface area contributed by atoms with Crippen molar-refractivity contribution in [3.63, 3.8) is 0 Å². The quantitative estimate of drug-likeness (QED) is 0.868. The lowest BCUT2D eigenvalue weighted by molar-refractivity contribution is 0.0826. The molecule has 19 heavy (non-hydrogen) atoms. The smallest absolute Gasteiger partial charge is 0.272 e. The second-order valence-electron chi connectivity index (χ2n) is 4.08. The van der Waals surface area contributed by atoms with E-state index < -0.39 is 22.9 Å². The topological polar surface area (TPSA) is 43.4 Å². The number of fused-ring (bicyclic) bond motifs is 1. The summed E-state index contributed by atoms with van der Waals surface area (Å²) in [6.07, 6.45) is -1.47. The summed E-state index contributed by atoms with van der Waals surface area (Å²) in [5, 5.41) is 0.975. The van der Waals surface area contributed by atoms with E-state index in [-0.39, 0.29) is 10.6 Å². The third-order valence-corrected chi connectivity index (χ3v) is 3.76. The van der Waals surface area contributed by atoms with Gasteiger partial charge in [0.1, 0.15) is 12.4 Å². The maximum absolute atomic E-state index is 12.2. The van der Waals surface area contributed by atoms with E-state index in [2.05, 4.69) is 0 Å². The van der Waals surface area contributed by atoms with Gasteiger partial charge >= 0.3 is 0 Å². The maximum Gasteiger partial charge on any atom is 0.272 e. The number of sulfone groups is 1. The SMILES string of the molecule is CS(=O)(=O)c1ccc(OCC(F)F)c2ccccc12. The van der Waals surface area contributed by atoms with Crippen LogP contribution in [0.4, 0.5) is 8.78 Å². The molecule has 0 fully saturated rings. The van der Waals surface area contributed by atoms with E-state index in [9.17, 15) is 17.2 Å². The van der Waals surface area contributed by atoms with Crippen LogP contribution in [0.3, 0.4) is 0 Å². The third kappa shape index (κ3) is 3.01. The van der Waals surface area contributed by atoms with Gasteiger partial charge in [-0.25, -0.2) is 17.2 Å². The van der Waals surface area contributed by atoms with E-state index in [0.29, 0.717) is 10.8 Å². The zero-order chi connectivity index (χ0) is 14.0. The van der Waals surface area contributed by atoms with Gasteiger partial charge in [-0.1, -0.05) is 24.3 Å². The van der Waals surface area contributed by atoms with Gasteiger partial charge in [0.05, 0.1) is 4.90 Å². The van der Waals surface area contributed by atoms with Crippen molar-refractivity contribution in [3.05, 3.63) is 36.4 Å². The van der Waals surface area contributed by atoms with Crippen LogP contribution in [-0.2, 0) is 9.84 Å². The second kappa shape index (κ2) is 5.13. The summed E-state index contributed by atoms with van der Waals surface area (Å²) in [7, 11) is -3.38. The molecule has 0 saturated carbocycles. The number of hydrogen-bond acceptors (Lipinski definition) is 3. The summed E-state index contributed by atoms with van der Waals surface area (Å²) >= 11 is 0. The van der Waals surface area contributed by atoms with Crippen LogP contribution in [0.15, 0.2) is 41.3 Å². The van der Waals surface area contributed by atoms with Gasteiger partial charge in [-0.15, -0.1) is 0 Å². The highest BCUT2D eigenvalue weighted by Crippen LogP contribution is 2.31. The summed E-state index contributed by atoms with van der Waals surface area (Å²) in [6.45, 7) is -0.720. The molecular formula is C13H12F2O3S. The van der Waals surface area contributed by atoms with Crippen molar-refractivity contribution in [3.8, 4) is 5.75 Å². The largest absolute Gasteiger partial charge is 0.487 e. The van der Waals surface area contributed by atoms with E-state index in [1.807, 2.05) is 0 Å². The first-order valence-electron chi connectivity index (χ1n) is 5.52. The van der Waals surface area contributed by atoms with Gasteiger partial charge in [0.15, 0.2) is 9.84 Å². The van der Waals surface area contributed by atoms with Gasteiger partial charge in [-0.05, 0) is 12.1 Å². The highest BCUT2D eigenvalue weighted by molar-refractivity contribution is 7.91. The molecule has 3 nitrogen and oxygen atoms in total. The average Bonchev–Trinajstić information content (AvgIpc) is 2.34. The lowest BCUT2D eigenvalue weighted by Crippen LogP contribution is -2.07. The molecule has 0 aromatic heterocycles. The van der Waals surface area contributed by atoms with E-state index in [1.165, 1.54) is 12.1 Å². The predicted octanol–water partition coefficient (Wildman–Crippen LogP) is 2.89. The molecule has 0 atom stereocenters. The molecule has 2 aromatic rings. The maximum atomic E-state index is 12.2. The monoisotopic (exact) mass is 286 g/mol. The standard InChI is InChI=1S/C13H12F2O3S/c1-19(16,17)12-7-6-11(18-8-13(14)15)9-4-2-3-5-10(9)12/h2-7,13H,8H2,1H3. The van der Waals surface area contributed by atoms with Crippen molar-refractivity contribution >= 4 is 20.6 Å². The molecule has 2 aromatic carbocycles. The van der Waals surface area contributed by atoms with Crippen LogP contribution in [0.1, 0.15) is 0 Å². The molecule has 6 heteroatoms. The third-order valence-electron chi connectivity index (χ3n) is 2.61. The minimum Gasteiger partial charge on any atom is -0.487 e. The molecule has 0 N–H and O–H groups in total. The summed E-state index contributed by atoms with van der Waals surface area (Å²) < 4.78 is 52.7. The number of hydrogen-bond donors (Lipinski definition) is 0. The van der Waals surface area contributed by atoms with Gasteiger partial charge in [0.2, 0.25) is 0 Å². The van der Waals surface area contributed by atoms with Crippen LogP contribution in [-0.4, -0.2) is 27.7 Å². The lowest BCUT2D eigenvalue weighted by Gasteiger charge is -2.11. The molecule has 0 aliphatic rings. The van der Waals surface area contributed by atoms with Crippen LogP contribution in [0.2, 0.25) is 0 Å². The van der Waals surface area contributed by atoms with Crippen LogP contribution >= 0.6 is 0 Å². The first-order valence-corrected chi connectivity index (χ1v) is 7.41. The molecule has 0 saturated heterocycles. The van der Waals surface area contributed by atoms with Crippen molar-refractivity contribution in [2.75, 3.05) is 12.9 Å². The zero-order valence-electron chi connectivity index (χ0n) is 10.1. The first kappa shape index (κ1) is 13.7. The molecule has 0 aliphatic carbocycles. The molecule has 0 unspecified atom stereocenters. The second-order valence-corrected chi connectivity index (χ2v) is 6.07. The Morgan fingerprint density at radius 3 is 2.32 bits per heavy atom. The number of ether oxygens (including phenoxy) is 1. The molecule has 0 heterocycles. The Balaban J connectivity index is 2.59. The predicted molar refractivity (Wildman–Crippen MR) is 68.6 cm³/mol. The highest BCUT2D eigenvalue weighted by atomic mass is 32.2. The van der Waals surface area contributed by atoms with Gasteiger partial charge in [-0.3, -0.25) is 0 Å². The van der Waals surface area contributed by atoms with E-state index >= 15 is 0 Å². The molecular weight excluding hydrogens is 274 g/mol. The van der Waals surface area contributed by atoms with Gasteiger partial charge in [0.25, 0.3) is 6.43 Å². The molecule has 0 aliphatic heterocycles. The van der Waals surface area contributed by atoms with Crippen LogP contribution in [0, 0.1) is 0 Å². The summed E-state index contributed by atoms with van der Waals surface area (Å²) in [5.41, 5.74) is 0. The fraction of sp³-hybridized carbons (Fsp3) is 0.231. The Labute approximate surface area is 109 Å². The lowest BCUT2D eigenvalue weighted by atomic mass is 10.1. The van der Waals surface area contributed by atoms with Gasteiger partial charge < -0.3 is 4.74 Å². The molecule has 0 bridgehead atoms. The van der Waals surface area contributed by atoms with Gasteiger partial charge in [-0.2, -0.15) is 0 Å². The Morgan fingerprint density at radius 1 is 1.11 bits per heavy atom. The van der Waals surface area contributed by atoms with Crippen molar-refractivity contribution in [2.45, 2.75) is 11.3 Å². The summed E-state index contributed by atoms with van der Waals surface area (Å²) in [4.78, 5) is 0.160. The fourth-order valence-electron chi connectivity index (χ4n) is 1.85. The van der Waals surface area contributed by atoms with E-state index in [1.54, 1.807) is 24.3 Å². The van der Waals surface area contributed by atoms with Crippen LogP contribution < -0.4 is 4.74 Å². The summed E-state index contributed by atoms with van der Waals surface area (Å²) in [5.74, 6) is 0.253.